The standard InChI is InChI=1S/C15H22O4/c1-8(2)18-14(16)12-10-5-6-11(7-10)13(12)15(17)19-9(3)4/h5-6,8-13H,7H2,1-4H3/t10-,11+,12?,13?. The van der Waals surface area contributed by atoms with Crippen molar-refractivity contribution in [3.63, 3.8) is 0 Å². The van der Waals surface area contributed by atoms with Crippen LogP contribution >= 0.6 is 0 Å². The third kappa shape index (κ3) is 2.82. The van der Waals surface area contributed by atoms with E-state index in [9.17, 15) is 9.59 Å². The Morgan fingerprint density at radius 1 is 0.895 bits per heavy atom. The molecule has 0 saturated heterocycles. The molecule has 4 atom stereocenters. The molecule has 0 heterocycles. The van der Waals surface area contributed by atoms with E-state index in [1.165, 1.54) is 0 Å². The lowest BCUT2D eigenvalue weighted by Crippen LogP contribution is -2.37. The Hall–Kier alpha value is -1.32. The molecule has 2 aliphatic carbocycles. The second-order valence-electron chi connectivity index (χ2n) is 5.97. The van der Waals surface area contributed by atoms with E-state index >= 15 is 0 Å². The van der Waals surface area contributed by atoms with Crippen molar-refractivity contribution in [1.29, 1.82) is 0 Å². The molecule has 19 heavy (non-hydrogen) atoms. The molecule has 0 aliphatic heterocycles. The fourth-order valence-corrected chi connectivity index (χ4v) is 3.09. The zero-order valence-electron chi connectivity index (χ0n) is 12.0. The molecule has 0 aromatic carbocycles. The predicted octanol–water partition coefficient (Wildman–Crippen LogP) is 2.33. The summed E-state index contributed by atoms with van der Waals surface area (Å²) in [5.74, 6) is -1.02. The monoisotopic (exact) mass is 266 g/mol. The smallest absolute Gasteiger partial charge is 0.310 e. The molecule has 2 unspecified atom stereocenters. The molecule has 0 aromatic rings. The quantitative estimate of drug-likeness (QED) is 0.579. The van der Waals surface area contributed by atoms with Crippen LogP contribution in [-0.4, -0.2) is 24.1 Å². The summed E-state index contributed by atoms with van der Waals surface area (Å²) in [6.45, 7) is 7.29. The van der Waals surface area contributed by atoms with Crippen LogP contribution in [0.15, 0.2) is 12.2 Å². The van der Waals surface area contributed by atoms with E-state index in [0.29, 0.717) is 0 Å². The first kappa shape index (κ1) is 14.1. The van der Waals surface area contributed by atoms with Crippen LogP contribution in [0.2, 0.25) is 0 Å². The third-order valence-electron chi connectivity index (χ3n) is 3.71. The summed E-state index contributed by atoms with van der Waals surface area (Å²) in [7, 11) is 0. The van der Waals surface area contributed by atoms with Gasteiger partial charge in [-0.3, -0.25) is 9.59 Å². The van der Waals surface area contributed by atoms with Crippen LogP contribution in [-0.2, 0) is 19.1 Å². The minimum atomic E-state index is -0.372. The van der Waals surface area contributed by atoms with Crippen molar-refractivity contribution in [2.75, 3.05) is 0 Å². The number of hydrogen-bond acceptors (Lipinski definition) is 4. The van der Waals surface area contributed by atoms with E-state index < -0.39 is 0 Å². The molecule has 106 valence electrons. The molecule has 2 rings (SSSR count). The van der Waals surface area contributed by atoms with Crippen LogP contribution in [0.1, 0.15) is 34.1 Å². The zero-order chi connectivity index (χ0) is 14.2. The maximum atomic E-state index is 12.2. The van der Waals surface area contributed by atoms with Gasteiger partial charge >= 0.3 is 11.9 Å². The van der Waals surface area contributed by atoms with Crippen molar-refractivity contribution in [2.24, 2.45) is 23.7 Å². The Morgan fingerprint density at radius 2 is 1.26 bits per heavy atom. The maximum Gasteiger partial charge on any atom is 0.310 e. The van der Waals surface area contributed by atoms with Crippen molar-refractivity contribution < 1.29 is 19.1 Å². The molecule has 4 nitrogen and oxygen atoms in total. The first-order valence-corrected chi connectivity index (χ1v) is 6.99. The Morgan fingerprint density at radius 3 is 1.58 bits per heavy atom. The highest BCUT2D eigenvalue weighted by Gasteiger charge is 2.53. The van der Waals surface area contributed by atoms with Crippen LogP contribution < -0.4 is 0 Å². The fraction of sp³-hybridized carbons (Fsp3) is 0.733. The van der Waals surface area contributed by atoms with Crippen molar-refractivity contribution in [3.05, 3.63) is 12.2 Å². The third-order valence-corrected chi connectivity index (χ3v) is 3.71. The van der Waals surface area contributed by atoms with Gasteiger partial charge in [-0.2, -0.15) is 0 Å². The molecule has 0 spiro atoms. The molecular weight excluding hydrogens is 244 g/mol. The van der Waals surface area contributed by atoms with Gasteiger partial charge in [0.15, 0.2) is 0 Å². The number of hydrogen-bond donors (Lipinski definition) is 0. The molecule has 0 N–H and O–H groups in total. The summed E-state index contributed by atoms with van der Waals surface area (Å²) < 4.78 is 10.6. The number of fused-ring (bicyclic) bond motifs is 2. The van der Waals surface area contributed by atoms with Crippen molar-refractivity contribution in [2.45, 2.75) is 46.3 Å². The minimum Gasteiger partial charge on any atom is -0.463 e. The van der Waals surface area contributed by atoms with Gasteiger partial charge in [0.05, 0.1) is 24.0 Å². The minimum absolute atomic E-state index is 0.126. The van der Waals surface area contributed by atoms with E-state index in [1.54, 1.807) is 0 Å². The molecule has 2 bridgehead atoms. The van der Waals surface area contributed by atoms with E-state index in [2.05, 4.69) is 0 Å². The number of ether oxygens (including phenoxy) is 2. The van der Waals surface area contributed by atoms with Gasteiger partial charge in [-0.25, -0.2) is 0 Å². The molecule has 4 heteroatoms. The van der Waals surface area contributed by atoms with E-state index in [-0.39, 0.29) is 47.8 Å². The molecule has 1 saturated carbocycles. The normalized spacial score (nSPS) is 32.1. The molecule has 1 fully saturated rings. The lowest BCUT2D eigenvalue weighted by molar-refractivity contribution is -0.165. The number of esters is 2. The average molecular weight is 266 g/mol. The topological polar surface area (TPSA) is 52.6 Å². The summed E-state index contributed by atoms with van der Waals surface area (Å²) in [6, 6.07) is 0. The Labute approximate surface area is 114 Å². The summed E-state index contributed by atoms with van der Waals surface area (Å²) in [6.07, 6.45) is 4.62. The lowest BCUT2D eigenvalue weighted by Gasteiger charge is -2.26. The Balaban J connectivity index is 2.13. The molecule has 0 aromatic heterocycles. The molecular formula is C15H22O4. The SMILES string of the molecule is CC(C)OC(=O)C1C(C(=O)OC(C)C)[C@H]2C=C[C@@H]1C2. The van der Waals surface area contributed by atoms with Gasteiger partial charge in [0.1, 0.15) is 0 Å². The van der Waals surface area contributed by atoms with Gasteiger partial charge in [-0.05, 0) is 46.0 Å². The van der Waals surface area contributed by atoms with Crippen molar-refractivity contribution >= 4 is 11.9 Å². The van der Waals surface area contributed by atoms with Gasteiger partial charge in [-0.15, -0.1) is 0 Å². The number of carbonyl (C=O) groups is 2. The van der Waals surface area contributed by atoms with E-state index in [4.69, 9.17) is 9.47 Å². The van der Waals surface area contributed by atoms with Gasteiger partial charge in [0.25, 0.3) is 0 Å². The maximum absolute atomic E-state index is 12.2. The van der Waals surface area contributed by atoms with E-state index in [0.717, 1.165) is 6.42 Å². The number of carbonyl (C=O) groups excluding carboxylic acids is 2. The second kappa shape index (κ2) is 5.35. The highest BCUT2D eigenvalue weighted by Crippen LogP contribution is 2.49. The lowest BCUT2D eigenvalue weighted by atomic mass is 9.83. The average Bonchev–Trinajstić information content (AvgIpc) is 2.85. The first-order chi connectivity index (χ1) is 8.90. The fourth-order valence-electron chi connectivity index (χ4n) is 3.09. The summed E-state index contributed by atoms with van der Waals surface area (Å²) in [4.78, 5) is 24.4. The van der Waals surface area contributed by atoms with E-state index in [1.807, 2.05) is 39.8 Å². The number of rotatable bonds is 4. The van der Waals surface area contributed by atoms with Gasteiger partial charge in [0.2, 0.25) is 0 Å². The van der Waals surface area contributed by atoms with Crippen molar-refractivity contribution in [1.82, 2.24) is 0 Å². The molecule has 0 amide bonds. The number of allylic oxidation sites excluding steroid dienone is 2. The van der Waals surface area contributed by atoms with Gasteiger partial charge < -0.3 is 9.47 Å². The predicted molar refractivity (Wildman–Crippen MR) is 70.2 cm³/mol. The first-order valence-electron chi connectivity index (χ1n) is 6.99. The van der Waals surface area contributed by atoms with Crippen LogP contribution in [0.3, 0.4) is 0 Å². The molecule has 2 aliphatic rings. The van der Waals surface area contributed by atoms with Crippen LogP contribution in [0.5, 0.6) is 0 Å². The zero-order valence-corrected chi connectivity index (χ0v) is 12.0. The van der Waals surface area contributed by atoms with Gasteiger partial charge in [-0.1, -0.05) is 12.2 Å². The van der Waals surface area contributed by atoms with Crippen LogP contribution in [0.4, 0.5) is 0 Å². The highest BCUT2D eigenvalue weighted by atomic mass is 16.6. The van der Waals surface area contributed by atoms with Gasteiger partial charge in [0, 0.05) is 0 Å². The Kier molecular flexibility index (Phi) is 3.97. The van der Waals surface area contributed by atoms with Crippen LogP contribution in [0.25, 0.3) is 0 Å². The Bertz CT molecular complexity index is 361. The van der Waals surface area contributed by atoms with Crippen LogP contribution in [0, 0.1) is 23.7 Å². The highest BCUT2D eigenvalue weighted by molar-refractivity contribution is 5.84. The second-order valence-corrected chi connectivity index (χ2v) is 5.97. The summed E-state index contributed by atoms with van der Waals surface area (Å²) >= 11 is 0. The summed E-state index contributed by atoms with van der Waals surface area (Å²) in [5.41, 5.74) is 0. The largest absolute Gasteiger partial charge is 0.463 e. The van der Waals surface area contributed by atoms with Crippen molar-refractivity contribution in [3.8, 4) is 0 Å². The molecule has 0 radical (unpaired) electrons. The summed E-state index contributed by atoms with van der Waals surface area (Å²) in [5, 5.41) is 0.